The number of carbonyl (C=O) groups excluding carboxylic acids is 1. The molecule has 0 radical (unpaired) electrons. The lowest BCUT2D eigenvalue weighted by atomic mass is 9.76. The van der Waals surface area contributed by atoms with Crippen molar-refractivity contribution in [3.63, 3.8) is 0 Å². The fourth-order valence-electron chi connectivity index (χ4n) is 3.51. The van der Waals surface area contributed by atoms with Crippen LogP contribution >= 0.6 is 0 Å². The highest BCUT2D eigenvalue weighted by atomic mass is 16.5. The standard InChI is InChI=1S/C19H21NO4/c1-12-9-14(11-23-13-5-3-2-4-6-13)24-18(12)19(21)20-16-10-17-15(16)7-8-22-17/h2-6,9,15-17H,7-8,10-11H2,1H3,(H,20,21)/t15-,16-,17+/m1/s1. The highest BCUT2D eigenvalue weighted by Crippen LogP contribution is 2.38. The van der Waals surface area contributed by atoms with Gasteiger partial charge in [-0.1, -0.05) is 18.2 Å². The number of carbonyl (C=O) groups is 1. The molecule has 1 aliphatic carbocycles. The van der Waals surface area contributed by atoms with Gasteiger partial charge in [0.05, 0.1) is 6.10 Å². The highest BCUT2D eigenvalue weighted by molar-refractivity contribution is 5.93. The summed E-state index contributed by atoms with van der Waals surface area (Å²) in [6.07, 6.45) is 2.27. The second kappa shape index (κ2) is 6.32. The Morgan fingerprint density at radius 3 is 2.96 bits per heavy atom. The summed E-state index contributed by atoms with van der Waals surface area (Å²) < 4.78 is 17.0. The molecule has 2 heterocycles. The third-order valence-corrected chi connectivity index (χ3v) is 4.88. The molecular weight excluding hydrogens is 306 g/mol. The van der Waals surface area contributed by atoms with E-state index in [1.54, 1.807) is 0 Å². The zero-order valence-corrected chi connectivity index (χ0v) is 13.7. The first-order valence-corrected chi connectivity index (χ1v) is 8.40. The van der Waals surface area contributed by atoms with Gasteiger partial charge in [-0.05, 0) is 38.0 Å². The first-order valence-electron chi connectivity index (χ1n) is 8.40. The number of rotatable bonds is 5. The van der Waals surface area contributed by atoms with Crippen LogP contribution in [-0.4, -0.2) is 24.7 Å². The summed E-state index contributed by atoms with van der Waals surface area (Å²) in [5, 5.41) is 3.08. The van der Waals surface area contributed by atoms with E-state index in [0.717, 1.165) is 30.8 Å². The van der Waals surface area contributed by atoms with E-state index in [1.807, 2.05) is 43.3 Å². The average Bonchev–Trinajstić information content (AvgIpc) is 3.14. The van der Waals surface area contributed by atoms with E-state index >= 15 is 0 Å². The number of benzene rings is 1. The van der Waals surface area contributed by atoms with E-state index in [4.69, 9.17) is 13.9 Å². The van der Waals surface area contributed by atoms with Crippen molar-refractivity contribution < 1.29 is 18.7 Å². The average molecular weight is 327 g/mol. The molecule has 24 heavy (non-hydrogen) atoms. The smallest absolute Gasteiger partial charge is 0.287 e. The maximum absolute atomic E-state index is 12.5. The maximum atomic E-state index is 12.5. The molecule has 4 rings (SSSR count). The Morgan fingerprint density at radius 2 is 2.17 bits per heavy atom. The second-order valence-electron chi connectivity index (χ2n) is 6.50. The Bertz CT molecular complexity index is 724. The lowest BCUT2D eigenvalue weighted by molar-refractivity contribution is 0.00768. The molecular formula is C19H21NO4. The van der Waals surface area contributed by atoms with Crippen LogP contribution in [0.1, 0.15) is 34.7 Å². The van der Waals surface area contributed by atoms with Gasteiger partial charge in [0.15, 0.2) is 5.76 Å². The van der Waals surface area contributed by atoms with Crippen molar-refractivity contribution in [1.29, 1.82) is 0 Å². The molecule has 1 amide bonds. The molecule has 5 heteroatoms. The number of nitrogens with one attached hydrogen (secondary N) is 1. The van der Waals surface area contributed by atoms with Crippen LogP contribution in [0.15, 0.2) is 40.8 Å². The zero-order valence-electron chi connectivity index (χ0n) is 13.7. The number of ether oxygens (including phenoxy) is 2. The van der Waals surface area contributed by atoms with E-state index in [0.29, 0.717) is 30.1 Å². The Morgan fingerprint density at radius 1 is 1.33 bits per heavy atom. The first-order chi connectivity index (χ1) is 11.7. The highest BCUT2D eigenvalue weighted by Gasteiger charge is 2.46. The van der Waals surface area contributed by atoms with Crippen LogP contribution in [0.5, 0.6) is 5.75 Å². The van der Waals surface area contributed by atoms with Gasteiger partial charge in [0.1, 0.15) is 18.1 Å². The van der Waals surface area contributed by atoms with E-state index in [2.05, 4.69) is 5.32 Å². The van der Waals surface area contributed by atoms with Crippen molar-refractivity contribution in [1.82, 2.24) is 5.32 Å². The Labute approximate surface area is 140 Å². The molecule has 0 unspecified atom stereocenters. The summed E-state index contributed by atoms with van der Waals surface area (Å²) in [5.41, 5.74) is 0.831. The molecule has 3 atom stereocenters. The molecule has 2 aliphatic rings. The summed E-state index contributed by atoms with van der Waals surface area (Å²) in [4.78, 5) is 12.5. The van der Waals surface area contributed by atoms with Crippen molar-refractivity contribution in [2.45, 2.75) is 38.5 Å². The molecule has 1 saturated heterocycles. The number of hydrogen-bond donors (Lipinski definition) is 1. The lowest BCUT2D eigenvalue weighted by Crippen LogP contribution is -2.53. The fourth-order valence-corrected chi connectivity index (χ4v) is 3.51. The van der Waals surface area contributed by atoms with E-state index in [-0.39, 0.29) is 11.9 Å². The van der Waals surface area contributed by atoms with Crippen molar-refractivity contribution in [3.05, 3.63) is 53.5 Å². The van der Waals surface area contributed by atoms with Gasteiger partial charge in [-0.15, -0.1) is 0 Å². The molecule has 1 saturated carbocycles. The molecule has 5 nitrogen and oxygen atoms in total. The van der Waals surface area contributed by atoms with Gasteiger partial charge in [0.25, 0.3) is 5.91 Å². The normalized spacial score (nSPS) is 25.0. The summed E-state index contributed by atoms with van der Waals surface area (Å²) in [6, 6.07) is 11.6. The minimum absolute atomic E-state index is 0.145. The van der Waals surface area contributed by atoms with Crippen LogP contribution in [0.3, 0.4) is 0 Å². The third kappa shape index (κ3) is 2.91. The predicted octanol–water partition coefficient (Wildman–Crippen LogP) is 3.07. The molecule has 126 valence electrons. The van der Waals surface area contributed by atoms with E-state index in [9.17, 15) is 4.79 Å². The number of para-hydroxylation sites is 1. The van der Waals surface area contributed by atoms with Crippen LogP contribution in [0.2, 0.25) is 0 Å². The van der Waals surface area contributed by atoms with Crippen molar-refractivity contribution in [2.24, 2.45) is 5.92 Å². The van der Waals surface area contributed by atoms with Crippen molar-refractivity contribution in [2.75, 3.05) is 6.61 Å². The molecule has 0 spiro atoms. The Kier molecular flexibility index (Phi) is 4.02. The fraction of sp³-hybridized carbons (Fsp3) is 0.421. The number of amides is 1. The molecule has 1 aromatic heterocycles. The monoisotopic (exact) mass is 327 g/mol. The number of hydrogen-bond acceptors (Lipinski definition) is 4. The minimum atomic E-state index is -0.145. The summed E-state index contributed by atoms with van der Waals surface area (Å²) in [7, 11) is 0. The molecule has 1 aromatic carbocycles. The van der Waals surface area contributed by atoms with Gasteiger partial charge in [0.2, 0.25) is 0 Å². The van der Waals surface area contributed by atoms with Crippen LogP contribution in [-0.2, 0) is 11.3 Å². The van der Waals surface area contributed by atoms with Gasteiger partial charge in [-0.25, -0.2) is 0 Å². The molecule has 2 fully saturated rings. The molecule has 1 N–H and O–H groups in total. The molecule has 2 aromatic rings. The molecule has 0 bridgehead atoms. The zero-order chi connectivity index (χ0) is 16.5. The molecule has 1 aliphatic heterocycles. The van der Waals surface area contributed by atoms with Crippen LogP contribution in [0.25, 0.3) is 0 Å². The predicted molar refractivity (Wildman–Crippen MR) is 87.9 cm³/mol. The van der Waals surface area contributed by atoms with Gasteiger partial charge >= 0.3 is 0 Å². The largest absolute Gasteiger partial charge is 0.486 e. The van der Waals surface area contributed by atoms with Crippen molar-refractivity contribution in [3.8, 4) is 5.75 Å². The van der Waals surface area contributed by atoms with E-state index < -0.39 is 0 Å². The van der Waals surface area contributed by atoms with Gasteiger partial charge in [-0.3, -0.25) is 4.79 Å². The second-order valence-corrected chi connectivity index (χ2v) is 6.50. The number of aryl methyl sites for hydroxylation is 1. The summed E-state index contributed by atoms with van der Waals surface area (Å²) in [5.74, 6) is 2.12. The van der Waals surface area contributed by atoms with E-state index in [1.165, 1.54) is 0 Å². The van der Waals surface area contributed by atoms with Crippen LogP contribution in [0, 0.1) is 12.8 Å². The number of furan rings is 1. The Balaban J connectivity index is 1.37. The maximum Gasteiger partial charge on any atom is 0.287 e. The summed E-state index contributed by atoms with van der Waals surface area (Å²) in [6.45, 7) is 3.00. The SMILES string of the molecule is Cc1cc(COc2ccccc2)oc1C(=O)N[C@@H]1C[C@@H]2OCC[C@@H]21. The summed E-state index contributed by atoms with van der Waals surface area (Å²) >= 11 is 0. The Hall–Kier alpha value is -2.27. The third-order valence-electron chi connectivity index (χ3n) is 4.88. The van der Waals surface area contributed by atoms with Crippen LogP contribution < -0.4 is 10.1 Å². The van der Waals surface area contributed by atoms with Gasteiger partial charge < -0.3 is 19.2 Å². The van der Waals surface area contributed by atoms with Crippen LogP contribution in [0.4, 0.5) is 0 Å². The van der Waals surface area contributed by atoms with Crippen molar-refractivity contribution >= 4 is 5.91 Å². The quantitative estimate of drug-likeness (QED) is 0.917. The lowest BCUT2D eigenvalue weighted by Gasteiger charge is -2.39. The number of fused-ring (bicyclic) bond motifs is 1. The topological polar surface area (TPSA) is 60.7 Å². The first kappa shape index (κ1) is 15.3. The van der Waals surface area contributed by atoms with Gasteiger partial charge in [0, 0.05) is 24.1 Å². The van der Waals surface area contributed by atoms with Gasteiger partial charge in [-0.2, -0.15) is 0 Å². The minimum Gasteiger partial charge on any atom is -0.486 e.